The van der Waals surface area contributed by atoms with Gasteiger partial charge in [-0.25, -0.2) is 4.79 Å². The van der Waals surface area contributed by atoms with Crippen molar-refractivity contribution in [3.63, 3.8) is 0 Å². The van der Waals surface area contributed by atoms with Crippen molar-refractivity contribution in [2.75, 3.05) is 26.4 Å². The molecular formula is C33H49N9O14. The van der Waals surface area contributed by atoms with Gasteiger partial charge in [0, 0.05) is 25.8 Å². The third-order valence-corrected chi connectivity index (χ3v) is 8.61. The van der Waals surface area contributed by atoms with Gasteiger partial charge in [0.2, 0.25) is 47.3 Å². The summed E-state index contributed by atoms with van der Waals surface area (Å²) >= 11 is 0. The highest BCUT2D eigenvalue weighted by Gasteiger charge is 2.39. The number of aliphatic hydroxyl groups is 3. The first-order valence-corrected chi connectivity index (χ1v) is 17.4. The summed E-state index contributed by atoms with van der Waals surface area (Å²) in [5.41, 5.74) is 16.4. The summed E-state index contributed by atoms with van der Waals surface area (Å²) in [7, 11) is 0. The summed E-state index contributed by atoms with van der Waals surface area (Å²) in [6, 6.07) is -5.49. The maximum Gasteiger partial charge on any atom is 0.326 e. The Bertz CT molecular complexity index is 1590. The Labute approximate surface area is 319 Å². The van der Waals surface area contributed by atoms with Crippen LogP contribution in [0.4, 0.5) is 0 Å². The first-order valence-electron chi connectivity index (χ1n) is 17.4. The molecule has 0 aliphatic carbocycles. The Hall–Kier alpha value is -5.91. The van der Waals surface area contributed by atoms with Crippen molar-refractivity contribution < 1.29 is 68.7 Å². The lowest BCUT2D eigenvalue weighted by atomic mass is 10.0. The quantitative estimate of drug-likeness (QED) is 0.0490. The van der Waals surface area contributed by atoms with Gasteiger partial charge in [0.25, 0.3) is 0 Å². The number of aliphatic carboxylic acids is 1. The molecule has 0 bridgehead atoms. The molecule has 2 rings (SSSR count). The van der Waals surface area contributed by atoms with Crippen molar-refractivity contribution in [2.24, 2.45) is 17.2 Å². The molecule has 56 heavy (non-hydrogen) atoms. The van der Waals surface area contributed by atoms with Crippen LogP contribution in [0.3, 0.4) is 0 Å². The number of carboxylic acids is 1. The van der Waals surface area contributed by atoms with Gasteiger partial charge in [0.1, 0.15) is 42.0 Å². The number of phenols is 1. The first-order chi connectivity index (χ1) is 26.4. The maximum atomic E-state index is 13.6. The predicted octanol–water partition coefficient (Wildman–Crippen LogP) is -6.73. The molecule has 0 unspecified atom stereocenters. The lowest BCUT2D eigenvalue weighted by molar-refractivity contribution is -0.150. The van der Waals surface area contributed by atoms with E-state index in [-0.39, 0.29) is 44.4 Å². The van der Waals surface area contributed by atoms with Gasteiger partial charge in [-0.05, 0) is 43.4 Å². The van der Waals surface area contributed by atoms with Crippen LogP contribution in [0, 0.1) is 0 Å². The predicted molar refractivity (Wildman–Crippen MR) is 190 cm³/mol. The van der Waals surface area contributed by atoms with Gasteiger partial charge in [-0.2, -0.15) is 0 Å². The number of carboxylic acid groups (broad SMARTS) is 1. The normalized spacial score (nSPS) is 16.9. The number of carbonyl (C=O) groups excluding carboxylic acids is 8. The van der Waals surface area contributed by atoms with Gasteiger partial charge in [0.05, 0.1) is 25.9 Å². The smallest absolute Gasteiger partial charge is 0.326 e. The molecule has 8 amide bonds. The number of nitrogens with one attached hydrogen (secondary N) is 5. The van der Waals surface area contributed by atoms with Crippen molar-refractivity contribution in [3.05, 3.63) is 29.8 Å². The van der Waals surface area contributed by atoms with E-state index in [1.807, 2.05) is 0 Å². The number of nitrogens with zero attached hydrogens (tertiary/aromatic N) is 1. The Balaban J connectivity index is 2.25. The number of aromatic hydroxyl groups is 1. The monoisotopic (exact) mass is 795 g/mol. The molecule has 0 saturated carbocycles. The van der Waals surface area contributed by atoms with Crippen LogP contribution in [0.1, 0.15) is 44.1 Å². The van der Waals surface area contributed by atoms with Gasteiger partial charge in [0.15, 0.2) is 0 Å². The maximum absolute atomic E-state index is 13.6. The Kier molecular flexibility index (Phi) is 18.6. The van der Waals surface area contributed by atoms with Crippen molar-refractivity contribution >= 4 is 53.2 Å². The molecule has 23 heteroatoms. The molecule has 310 valence electrons. The van der Waals surface area contributed by atoms with Crippen LogP contribution in [0.5, 0.6) is 5.75 Å². The fraction of sp³-hybridized carbons (Fsp3) is 0.545. The Morgan fingerprint density at radius 1 is 0.661 bits per heavy atom. The van der Waals surface area contributed by atoms with Crippen LogP contribution >= 0.6 is 0 Å². The number of rotatable bonds is 23. The van der Waals surface area contributed by atoms with E-state index in [0.717, 1.165) is 4.90 Å². The minimum Gasteiger partial charge on any atom is -0.508 e. The average Bonchev–Trinajstić information content (AvgIpc) is 3.66. The lowest BCUT2D eigenvalue weighted by Gasteiger charge is -2.28. The molecule has 1 aromatic carbocycles. The number of hydrogen-bond acceptors (Lipinski definition) is 14. The second-order valence-corrected chi connectivity index (χ2v) is 12.9. The number of carbonyl (C=O) groups is 9. The van der Waals surface area contributed by atoms with E-state index in [0.29, 0.717) is 12.0 Å². The van der Waals surface area contributed by atoms with Gasteiger partial charge in [-0.1, -0.05) is 12.1 Å². The van der Waals surface area contributed by atoms with E-state index >= 15 is 0 Å². The molecule has 1 aliphatic rings. The standard InChI is InChI=1S/C33H49N9O14/c34-18(7-9-25(35)47)27(49)37-19(8-10-26(36)48)28(50)39-21(13-43)30(52)38-20(12-16-3-5-17(46)6-4-16)29(51)40-22(14-44)31(53)41-23(15-45)32(54)42-11-1-2-24(42)33(55)56/h3-6,18-24,43-46H,1-2,7-15,34H2,(H2,35,47)(H2,36,48)(H,37,49)(H,38,52)(H,39,50)(H,40,51)(H,41,53)(H,55,56)/t18-,19-,20-,21-,22-,23-,24-/m0/s1. The number of primary amides is 2. The second kappa shape index (κ2) is 22.5. The third-order valence-electron chi connectivity index (χ3n) is 8.61. The molecule has 0 spiro atoms. The molecule has 1 heterocycles. The minimum atomic E-state index is -1.79. The minimum absolute atomic E-state index is 0.0471. The largest absolute Gasteiger partial charge is 0.508 e. The van der Waals surface area contributed by atoms with Gasteiger partial charge < -0.3 is 74.2 Å². The molecule has 7 atom stereocenters. The zero-order valence-electron chi connectivity index (χ0n) is 30.2. The molecular weight excluding hydrogens is 746 g/mol. The van der Waals surface area contributed by atoms with Crippen LogP contribution in [-0.2, 0) is 49.6 Å². The second-order valence-electron chi connectivity index (χ2n) is 12.9. The fourth-order valence-corrected chi connectivity index (χ4v) is 5.49. The SMILES string of the molecule is NC(=O)CC[C@H](NC(=O)[C@@H](N)CCC(N)=O)C(=O)N[C@@H](CO)C(=O)N[C@@H](Cc1ccc(O)cc1)C(=O)N[C@@H](CO)C(=O)N[C@@H](CO)C(=O)N1CCC[C@H]1C(=O)O. The number of benzene rings is 1. The van der Waals surface area contributed by atoms with Crippen LogP contribution in [-0.4, -0.2) is 152 Å². The molecule has 1 aliphatic heterocycles. The van der Waals surface area contributed by atoms with Crippen molar-refractivity contribution in [2.45, 2.75) is 87.2 Å². The number of nitrogens with two attached hydrogens (primary N) is 3. The lowest BCUT2D eigenvalue weighted by Crippen LogP contribution is -2.61. The zero-order chi connectivity index (χ0) is 42.1. The summed E-state index contributed by atoms with van der Waals surface area (Å²) in [5.74, 6) is -9.32. The van der Waals surface area contributed by atoms with Crippen LogP contribution in [0.25, 0.3) is 0 Å². The molecule has 0 radical (unpaired) electrons. The van der Waals surface area contributed by atoms with E-state index in [9.17, 15) is 68.7 Å². The summed E-state index contributed by atoms with van der Waals surface area (Å²) in [6.45, 7) is -3.02. The van der Waals surface area contributed by atoms with E-state index in [1.54, 1.807) is 0 Å². The van der Waals surface area contributed by atoms with Crippen LogP contribution < -0.4 is 43.8 Å². The third kappa shape index (κ3) is 14.4. The molecule has 0 aromatic heterocycles. The number of amides is 8. The van der Waals surface area contributed by atoms with E-state index in [2.05, 4.69) is 26.6 Å². The van der Waals surface area contributed by atoms with E-state index in [4.69, 9.17) is 17.2 Å². The van der Waals surface area contributed by atoms with Gasteiger partial charge in [-0.3, -0.25) is 38.4 Å². The number of likely N-dealkylation sites (tertiary alicyclic amines) is 1. The van der Waals surface area contributed by atoms with E-state index in [1.165, 1.54) is 24.3 Å². The summed E-state index contributed by atoms with van der Waals surface area (Å²) in [5, 5.41) is 60.2. The highest BCUT2D eigenvalue weighted by Crippen LogP contribution is 2.18. The molecule has 1 fully saturated rings. The van der Waals surface area contributed by atoms with Crippen LogP contribution in [0.15, 0.2) is 24.3 Å². The van der Waals surface area contributed by atoms with Gasteiger partial charge >= 0.3 is 5.97 Å². The first kappa shape index (κ1) is 46.2. The molecule has 23 nitrogen and oxygen atoms in total. The highest BCUT2D eigenvalue weighted by molar-refractivity contribution is 5.97. The van der Waals surface area contributed by atoms with Crippen LogP contribution in [0.2, 0.25) is 0 Å². The van der Waals surface area contributed by atoms with Gasteiger partial charge in [-0.15, -0.1) is 0 Å². The number of phenolic OH excluding ortho intramolecular Hbond substituents is 1. The Morgan fingerprint density at radius 2 is 1.11 bits per heavy atom. The summed E-state index contributed by atoms with van der Waals surface area (Å²) in [4.78, 5) is 114. The number of hydrogen-bond donors (Lipinski definition) is 13. The molecule has 16 N–H and O–H groups in total. The molecule has 1 aromatic rings. The van der Waals surface area contributed by atoms with Crippen molar-refractivity contribution in [1.29, 1.82) is 0 Å². The number of aliphatic hydroxyl groups excluding tert-OH is 3. The topological polar surface area (TPSA) is 396 Å². The Morgan fingerprint density at radius 3 is 1.61 bits per heavy atom. The van der Waals surface area contributed by atoms with Crippen molar-refractivity contribution in [3.8, 4) is 5.75 Å². The fourth-order valence-electron chi connectivity index (χ4n) is 5.49. The zero-order valence-corrected chi connectivity index (χ0v) is 30.2. The van der Waals surface area contributed by atoms with E-state index < -0.39 is 122 Å². The summed E-state index contributed by atoms with van der Waals surface area (Å²) < 4.78 is 0. The summed E-state index contributed by atoms with van der Waals surface area (Å²) in [6.07, 6.45) is -1.02. The average molecular weight is 796 g/mol. The molecule has 1 saturated heterocycles. The highest BCUT2D eigenvalue weighted by atomic mass is 16.4. The van der Waals surface area contributed by atoms with Crippen molar-refractivity contribution in [1.82, 2.24) is 31.5 Å².